The summed E-state index contributed by atoms with van der Waals surface area (Å²) in [5, 5.41) is 0. The summed E-state index contributed by atoms with van der Waals surface area (Å²) in [6, 6.07) is 6.10. The summed E-state index contributed by atoms with van der Waals surface area (Å²) in [6.07, 6.45) is 0.111. The molecule has 0 saturated heterocycles. The average molecular weight is 244 g/mol. The van der Waals surface area contributed by atoms with Gasteiger partial charge in [0, 0.05) is 5.92 Å². The van der Waals surface area contributed by atoms with Crippen molar-refractivity contribution in [3.05, 3.63) is 29.5 Å². The lowest BCUT2D eigenvalue weighted by atomic mass is 10.1. The minimum atomic E-state index is 0.111. The van der Waals surface area contributed by atoms with Gasteiger partial charge in [0.2, 0.25) is 5.88 Å². The Balaban J connectivity index is 2.60. The van der Waals surface area contributed by atoms with Crippen molar-refractivity contribution < 1.29 is 4.74 Å². The molecule has 1 aromatic heterocycles. The molecule has 0 amide bonds. The molecule has 1 aromatic carbocycles. The van der Waals surface area contributed by atoms with Crippen LogP contribution < -0.4 is 4.74 Å². The highest BCUT2D eigenvalue weighted by Crippen LogP contribution is 2.26. The lowest BCUT2D eigenvalue weighted by Crippen LogP contribution is -2.11. The maximum Gasteiger partial charge on any atom is 0.236 e. The number of aromatic nitrogens is 2. The van der Waals surface area contributed by atoms with E-state index in [0.29, 0.717) is 11.8 Å². The molecule has 0 unspecified atom stereocenters. The minimum Gasteiger partial charge on any atom is -0.474 e. The van der Waals surface area contributed by atoms with Crippen molar-refractivity contribution in [1.29, 1.82) is 0 Å². The van der Waals surface area contributed by atoms with Gasteiger partial charge in [-0.15, -0.1) is 0 Å². The number of ether oxygens (including phenoxy) is 1. The molecule has 3 nitrogen and oxygen atoms in total. The highest BCUT2D eigenvalue weighted by atomic mass is 16.5. The number of fused-ring (bicyclic) bond motifs is 1. The van der Waals surface area contributed by atoms with Crippen molar-refractivity contribution in [2.75, 3.05) is 0 Å². The Morgan fingerprint density at radius 1 is 1.00 bits per heavy atom. The van der Waals surface area contributed by atoms with Crippen LogP contribution in [0.1, 0.15) is 44.9 Å². The molecule has 0 aliphatic heterocycles. The lowest BCUT2D eigenvalue weighted by Gasteiger charge is -2.15. The Hall–Kier alpha value is -1.64. The summed E-state index contributed by atoms with van der Waals surface area (Å²) in [5.41, 5.74) is 3.96. The minimum absolute atomic E-state index is 0.111. The summed E-state index contributed by atoms with van der Waals surface area (Å²) in [4.78, 5) is 9.29. The SMILES string of the molecule is Cc1ccc2nc(OC(C)C)c(C(C)C)nc2c1. The molecule has 1 heterocycles. The third-order valence-electron chi connectivity index (χ3n) is 2.71. The molecule has 0 aliphatic carbocycles. The van der Waals surface area contributed by atoms with E-state index in [2.05, 4.69) is 31.8 Å². The molecule has 0 spiro atoms. The second-order valence-electron chi connectivity index (χ2n) is 5.23. The maximum absolute atomic E-state index is 5.77. The highest BCUT2D eigenvalue weighted by Gasteiger charge is 2.14. The Morgan fingerprint density at radius 3 is 2.33 bits per heavy atom. The van der Waals surface area contributed by atoms with Gasteiger partial charge in [0.25, 0.3) is 0 Å². The largest absolute Gasteiger partial charge is 0.474 e. The van der Waals surface area contributed by atoms with Crippen LogP contribution in [0.2, 0.25) is 0 Å². The molecular formula is C15H20N2O. The standard InChI is InChI=1S/C15H20N2O/c1-9(2)14-15(18-10(3)4)17-12-7-6-11(5)8-13(12)16-14/h6-10H,1-5H3. The summed E-state index contributed by atoms with van der Waals surface area (Å²) in [5.74, 6) is 0.965. The van der Waals surface area contributed by atoms with Gasteiger partial charge in [-0.2, -0.15) is 0 Å². The van der Waals surface area contributed by atoms with Crippen LogP contribution >= 0.6 is 0 Å². The van der Waals surface area contributed by atoms with Crippen molar-refractivity contribution >= 4 is 11.0 Å². The van der Waals surface area contributed by atoms with E-state index in [4.69, 9.17) is 9.72 Å². The fourth-order valence-electron chi connectivity index (χ4n) is 1.85. The Morgan fingerprint density at radius 2 is 1.72 bits per heavy atom. The predicted octanol–water partition coefficient (Wildman–Crippen LogP) is 3.85. The zero-order valence-electron chi connectivity index (χ0n) is 11.7. The van der Waals surface area contributed by atoms with Gasteiger partial charge in [-0.3, -0.25) is 0 Å². The van der Waals surface area contributed by atoms with E-state index in [0.717, 1.165) is 16.7 Å². The lowest BCUT2D eigenvalue weighted by molar-refractivity contribution is 0.228. The van der Waals surface area contributed by atoms with Gasteiger partial charge in [0.1, 0.15) is 5.69 Å². The first-order valence-corrected chi connectivity index (χ1v) is 6.42. The van der Waals surface area contributed by atoms with Gasteiger partial charge >= 0.3 is 0 Å². The Kier molecular flexibility index (Phi) is 3.50. The van der Waals surface area contributed by atoms with E-state index in [-0.39, 0.29) is 6.10 Å². The van der Waals surface area contributed by atoms with Crippen LogP contribution in [0, 0.1) is 6.92 Å². The molecule has 18 heavy (non-hydrogen) atoms. The number of aryl methyl sites for hydroxylation is 1. The molecule has 0 bridgehead atoms. The van der Waals surface area contributed by atoms with Gasteiger partial charge in [0.15, 0.2) is 0 Å². The first kappa shape index (κ1) is 12.8. The predicted molar refractivity (Wildman–Crippen MR) is 74.1 cm³/mol. The van der Waals surface area contributed by atoms with Crippen molar-refractivity contribution in [2.45, 2.75) is 46.6 Å². The zero-order valence-corrected chi connectivity index (χ0v) is 11.7. The van der Waals surface area contributed by atoms with Crippen LogP contribution in [-0.4, -0.2) is 16.1 Å². The van der Waals surface area contributed by atoms with E-state index in [1.165, 1.54) is 5.56 Å². The molecule has 0 radical (unpaired) electrons. The fourth-order valence-corrected chi connectivity index (χ4v) is 1.85. The van der Waals surface area contributed by atoms with Gasteiger partial charge in [-0.25, -0.2) is 9.97 Å². The van der Waals surface area contributed by atoms with Gasteiger partial charge in [0.05, 0.1) is 17.1 Å². The molecule has 0 saturated carbocycles. The number of rotatable bonds is 3. The number of hydrogen-bond donors (Lipinski definition) is 0. The Bertz CT molecular complexity index is 562. The van der Waals surface area contributed by atoms with Crippen LogP contribution in [0.5, 0.6) is 5.88 Å². The fraction of sp³-hybridized carbons (Fsp3) is 0.467. The third kappa shape index (κ3) is 2.61. The molecule has 2 rings (SSSR count). The van der Waals surface area contributed by atoms with E-state index in [1.54, 1.807) is 0 Å². The van der Waals surface area contributed by atoms with Crippen molar-refractivity contribution in [2.24, 2.45) is 0 Å². The molecule has 3 heteroatoms. The monoisotopic (exact) mass is 244 g/mol. The molecule has 0 aliphatic rings. The quantitative estimate of drug-likeness (QED) is 0.822. The summed E-state index contributed by atoms with van der Waals surface area (Å²) >= 11 is 0. The van der Waals surface area contributed by atoms with Crippen LogP contribution in [0.25, 0.3) is 11.0 Å². The van der Waals surface area contributed by atoms with E-state index in [1.807, 2.05) is 26.0 Å². The third-order valence-corrected chi connectivity index (χ3v) is 2.71. The molecule has 0 fully saturated rings. The van der Waals surface area contributed by atoms with Gasteiger partial charge < -0.3 is 4.74 Å². The van der Waals surface area contributed by atoms with Crippen LogP contribution in [0.4, 0.5) is 0 Å². The van der Waals surface area contributed by atoms with Crippen LogP contribution in [-0.2, 0) is 0 Å². The normalized spacial score (nSPS) is 11.5. The van der Waals surface area contributed by atoms with Gasteiger partial charge in [-0.05, 0) is 38.5 Å². The average Bonchev–Trinajstić information content (AvgIpc) is 2.27. The zero-order chi connectivity index (χ0) is 13.3. The summed E-state index contributed by atoms with van der Waals surface area (Å²) < 4.78 is 5.77. The second kappa shape index (κ2) is 4.92. The number of nitrogens with zero attached hydrogens (tertiary/aromatic N) is 2. The van der Waals surface area contributed by atoms with E-state index in [9.17, 15) is 0 Å². The molecule has 96 valence electrons. The smallest absolute Gasteiger partial charge is 0.236 e. The van der Waals surface area contributed by atoms with Crippen LogP contribution in [0.15, 0.2) is 18.2 Å². The first-order chi connectivity index (χ1) is 8.47. The van der Waals surface area contributed by atoms with Gasteiger partial charge in [-0.1, -0.05) is 19.9 Å². The van der Waals surface area contributed by atoms with Crippen molar-refractivity contribution in [3.8, 4) is 5.88 Å². The number of benzene rings is 1. The molecule has 0 atom stereocenters. The second-order valence-corrected chi connectivity index (χ2v) is 5.23. The van der Waals surface area contributed by atoms with Crippen molar-refractivity contribution in [3.63, 3.8) is 0 Å². The van der Waals surface area contributed by atoms with Crippen LogP contribution in [0.3, 0.4) is 0 Å². The summed E-state index contributed by atoms with van der Waals surface area (Å²) in [6.45, 7) is 10.3. The number of hydrogen-bond acceptors (Lipinski definition) is 3. The molecular weight excluding hydrogens is 224 g/mol. The highest BCUT2D eigenvalue weighted by molar-refractivity contribution is 5.75. The molecule has 2 aromatic rings. The van der Waals surface area contributed by atoms with Crippen molar-refractivity contribution in [1.82, 2.24) is 9.97 Å². The maximum atomic E-state index is 5.77. The van der Waals surface area contributed by atoms with E-state index < -0.39 is 0 Å². The first-order valence-electron chi connectivity index (χ1n) is 6.42. The molecule has 0 N–H and O–H groups in total. The topological polar surface area (TPSA) is 35.0 Å². The van der Waals surface area contributed by atoms with E-state index >= 15 is 0 Å². The Labute approximate surface area is 108 Å². The summed E-state index contributed by atoms with van der Waals surface area (Å²) in [7, 11) is 0.